The monoisotopic (exact) mass is 747 g/mol. The van der Waals surface area contributed by atoms with Gasteiger partial charge in [-0.3, -0.25) is 4.79 Å². The van der Waals surface area contributed by atoms with Crippen LogP contribution in [0.4, 0.5) is 13.2 Å². The number of phenols is 1. The summed E-state index contributed by atoms with van der Waals surface area (Å²) in [7, 11) is 0. The third-order valence-electron chi connectivity index (χ3n) is 3.53. The summed E-state index contributed by atoms with van der Waals surface area (Å²) in [5.74, 6) is -2.86. The number of carbonyl (C=O) groups is 2. The van der Waals surface area contributed by atoms with Gasteiger partial charge in [0.25, 0.3) is 0 Å². The summed E-state index contributed by atoms with van der Waals surface area (Å²) in [5.41, 5.74) is 0.451. The molecule has 3 N–H and O–H groups in total. The number of hydrogen-bond acceptors (Lipinski definition) is 4. The number of aliphatic carboxylic acids is 1. The minimum absolute atomic E-state index is 0.0762. The fourth-order valence-corrected chi connectivity index (χ4v) is 4.80. The van der Waals surface area contributed by atoms with Crippen molar-refractivity contribution in [1.82, 2.24) is 5.32 Å². The molecule has 0 aromatic heterocycles. The third kappa shape index (κ3) is 6.47. The molecule has 2 rings (SSSR count). The first-order chi connectivity index (χ1) is 13.4. The predicted octanol–water partition coefficient (Wildman–Crippen LogP) is 4.67. The highest BCUT2D eigenvalue weighted by Crippen LogP contribution is 2.37. The zero-order valence-corrected chi connectivity index (χ0v) is 20.5. The molecule has 0 aliphatic rings. The Bertz CT molecular complexity index is 935. The predicted molar refractivity (Wildman–Crippen MR) is 122 cm³/mol. The minimum Gasteiger partial charge on any atom is -0.508 e. The fraction of sp³-hybridized carbons (Fsp3) is 0.176. The van der Waals surface area contributed by atoms with Crippen molar-refractivity contribution in [2.75, 3.05) is 0 Å². The number of phenolic OH excluding ortho intramolecular Hbond substituents is 1. The van der Waals surface area contributed by atoms with Gasteiger partial charge >= 0.3 is 18.1 Å². The van der Waals surface area contributed by atoms with E-state index in [1.807, 2.05) is 67.8 Å². The van der Waals surface area contributed by atoms with Crippen molar-refractivity contribution < 1.29 is 37.7 Å². The van der Waals surface area contributed by atoms with Crippen LogP contribution in [0.25, 0.3) is 0 Å². The fourth-order valence-electron chi connectivity index (χ4n) is 2.16. The number of amides is 1. The SMILES string of the molecule is O=C(O)C(Cc1cc(I)c(Oc2ccc(O)cc2)c(I)c1I)NC(=O)C(F)(F)F. The lowest BCUT2D eigenvalue weighted by Crippen LogP contribution is -2.48. The summed E-state index contributed by atoms with van der Waals surface area (Å²) in [6.07, 6.45) is -5.51. The maximum Gasteiger partial charge on any atom is 0.471 e. The number of aromatic hydroxyl groups is 1. The van der Waals surface area contributed by atoms with E-state index in [-0.39, 0.29) is 12.2 Å². The van der Waals surface area contributed by atoms with Crippen molar-refractivity contribution in [2.45, 2.75) is 18.6 Å². The van der Waals surface area contributed by atoms with Gasteiger partial charge in [-0.1, -0.05) is 0 Å². The first kappa shape index (κ1) is 24.2. The van der Waals surface area contributed by atoms with Crippen LogP contribution >= 0.6 is 67.8 Å². The van der Waals surface area contributed by atoms with Crippen LogP contribution in [0.3, 0.4) is 0 Å². The van der Waals surface area contributed by atoms with Gasteiger partial charge in [-0.15, -0.1) is 0 Å². The summed E-state index contributed by atoms with van der Waals surface area (Å²) in [6.45, 7) is 0. The molecule has 29 heavy (non-hydrogen) atoms. The summed E-state index contributed by atoms with van der Waals surface area (Å²) in [5, 5.41) is 20.1. The van der Waals surface area contributed by atoms with E-state index in [9.17, 15) is 33.0 Å². The molecule has 6 nitrogen and oxygen atoms in total. The Hall–Kier alpha value is -1.04. The van der Waals surface area contributed by atoms with Crippen LogP contribution in [0.15, 0.2) is 30.3 Å². The molecule has 1 amide bonds. The Labute approximate surface area is 203 Å². The molecular weight excluding hydrogens is 736 g/mol. The largest absolute Gasteiger partial charge is 0.508 e. The van der Waals surface area contributed by atoms with Gasteiger partial charge < -0.3 is 20.3 Å². The topological polar surface area (TPSA) is 95.9 Å². The van der Waals surface area contributed by atoms with Crippen molar-refractivity contribution in [2.24, 2.45) is 0 Å². The Morgan fingerprint density at radius 3 is 2.21 bits per heavy atom. The number of halogens is 6. The molecule has 0 aliphatic carbocycles. The van der Waals surface area contributed by atoms with Crippen LogP contribution < -0.4 is 10.1 Å². The van der Waals surface area contributed by atoms with E-state index in [1.54, 1.807) is 18.2 Å². The Kier molecular flexibility index (Phi) is 8.23. The number of carbonyl (C=O) groups excluding carboxylic acids is 1. The molecular formula is C17H11F3I3NO5. The first-order valence-electron chi connectivity index (χ1n) is 7.64. The minimum atomic E-state index is -5.18. The van der Waals surface area contributed by atoms with E-state index < -0.39 is 24.1 Å². The molecule has 12 heteroatoms. The summed E-state index contributed by atoms with van der Waals surface area (Å²) in [6, 6.07) is 5.89. The highest BCUT2D eigenvalue weighted by molar-refractivity contribution is 14.1. The lowest BCUT2D eigenvalue weighted by Gasteiger charge is -2.19. The van der Waals surface area contributed by atoms with Gasteiger partial charge in [0, 0.05) is 9.99 Å². The van der Waals surface area contributed by atoms with Gasteiger partial charge in [0.05, 0.1) is 7.14 Å². The van der Waals surface area contributed by atoms with Gasteiger partial charge in [-0.2, -0.15) is 13.2 Å². The van der Waals surface area contributed by atoms with Crippen LogP contribution in [0.2, 0.25) is 0 Å². The van der Waals surface area contributed by atoms with E-state index in [1.165, 1.54) is 17.4 Å². The molecule has 0 heterocycles. The van der Waals surface area contributed by atoms with Crippen LogP contribution in [-0.2, 0) is 16.0 Å². The Morgan fingerprint density at radius 1 is 1.10 bits per heavy atom. The van der Waals surface area contributed by atoms with Crippen molar-refractivity contribution >= 4 is 79.6 Å². The second kappa shape index (κ2) is 9.84. The zero-order valence-electron chi connectivity index (χ0n) is 14.1. The molecule has 0 spiro atoms. The van der Waals surface area contributed by atoms with E-state index >= 15 is 0 Å². The Balaban J connectivity index is 2.30. The quantitative estimate of drug-likeness (QED) is 0.295. The number of ether oxygens (including phenoxy) is 1. The highest BCUT2D eigenvalue weighted by Gasteiger charge is 2.41. The molecule has 0 saturated heterocycles. The van der Waals surface area contributed by atoms with Crippen molar-refractivity contribution in [3.05, 3.63) is 46.6 Å². The van der Waals surface area contributed by atoms with E-state index in [4.69, 9.17) is 4.74 Å². The maximum absolute atomic E-state index is 12.5. The highest BCUT2D eigenvalue weighted by atomic mass is 127. The van der Waals surface area contributed by atoms with Crippen LogP contribution in [0, 0.1) is 10.7 Å². The number of rotatable bonds is 6. The molecule has 0 aliphatic heterocycles. The van der Waals surface area contributed by atoms with Gasteiger partial charge in [-0.05, 0) is 104 Å². The zero-order chi connectivity index (χ0) is 21.9. The molecule has 0 radical (unpaired) electrons. The van der Waals surface area contributed by atoms with E-state index in [0.29, 0.717) is 27.8 Å². The van der Waals surface area contributed by atoms with Crippen LogP contribution in [0.5, 0.6) is 17.2 Å². The third-order valence-corrected chi connectivity index (χ3v) is 7.63. The summed E-state index contributed by atoms with van der Waals surface area (Å²) < 4.78 is 45.0. The summed E-state index contributed by atoms with van der Waals surface area (Å²) >= 11 is 5.90. The maximum atomic E-state index is 12.5. The molecule has 0 fully saturated rings. The van der Waals surface area contributed by atoms with Crippen LogP contribution in [-0.4, -0.2) is 34.3 Å². The van der Waals surface area contributed by atoms with E-state index in [2.05, 4.69) is 0 Å². The second-order valence-corrected chi connectivity index (χ2v) is 8.96. The van der Waals surface area contributed by atoms with Crippen molar-refractivity contribution in [3.8, 4) is 17.2 Å². The average Bonchev–Trinajstić information content (AvgIpc) is 2.62. The number of carboxylic acid groups (broad SMARTS) is 1. The van der Waals surface area contributed by atoms with E-state index in [0.717, 1.165) is 0 Å². The molecule has 1 unspecified atom stereocenters. The molecule has 2 aromatic carbocycles. The molecule has 2 aromatic rings. The standard InChI is InChI=1S/C17H11F3I3NO5/c18-17(19,20)16(28)24-11(15(26)27)6-7-5-10(21)14(13(23)12(7)22)29-9-3-1-8(25)2-4-9/h1-5,11,25H,6H2,(H,24,28)(H,26,27). The smallest absolute Gasteiger partial charge is 0.471 e. The number of carboxylic acids is 1. The van der Waals surface area contributed by atoms with Crippen LogP contribution in [0.1, 0.15) is 5.56 Å². The first-order valence-corrected chi connectivity index (χ1v) is 10.9. The normalized spacial score (nSPS) is 12.3. The second-order valence-electron chi connectivity index (χ2n) is 5.64. The van der Waals surface area contributed by atoms with Crippen molar-refractivity contribution in [3.63, 3.8) is 0 Å². The lowest BCUT2D eigenvalue weighted by molar-refractivity contribution is -0.175. The van der Waals surface area contributed by atoms with Crippen molar-refractivity contribution in [1.29, 1.82) is 0 Å². The molecule has 0 saturated carbocycles. The van der Waals surface area contributed by atoms with Gasteiger partial charge in [0.1, 0.15) is 17.5 Å². The molecule has 1 atom stereocenters. The Morgan fingerprint density at radius 2 is 1.69 bits per heavy atom. The lowest BCUT2D eigenvalue weighted by atomic mass is 10.1. The average molecular weight is 747 g/mol. The number of alkyl halides is 3. The van der Waals surface area contributed by atoms with Gasteiger partial charge in [-0.25, -0.2) is 4.79 Å². The van der Waals surface area contributed by atoms with Gasteiger partial charge in [0.15, 0.2) is 5.75 Å². The molecule has 156 valence electrons. The molecule has 0 bridgehead atoms. The number of nitrogens with one attached hydrogen (secondary N) is 1. The van der Waals surface area contributed by atoms with Gasteiger partial charge in [0.2, 0.25) is 0 Å². The summed E-state index contributed by atoms with van der Waals surface area (Å²) in [4.78, 5) is 22.5. The number of benzene rings is 2. The number of hydrogen-bond donors (Lipinski definition) is 3.